The summed E-state index contributed by atoms with van der Waals surface area (Å²) in [6.45, 7) is 11.7. The number of halogens is 1. The maximum absolute atomic E-state index is 13.4. The number of nitrogens with zero attached hydrogens (tertiary/aromatic N) is 4. The molecule has 3 heterocycles. The highest BCUT2D eigenvalue weighted by molar-refractivity contribution is 6.33. The Morgan fingerprint density at radius 2 is 1.97 bits per heavy atom. The Bertz CT molecular complexity index is 1030. The molecule has 0 bridgehead atoms. The topological polar surface area (TPSA) is 70.5 Å². The van der Waals surface area contributed by atoms with Gasteiger partial charge < -0.3 is 19.7 Å². The lowest BCUT2D eigenvalue weighted by atomic mass is 9.92. The van der Waals surface area contributed by atoms with Crippen LogP contribution in [0, 0.1) is 5.92 Å². The van der Waals surface area contributed by atoms with Crippen LogP contribution in [0.1, 0.15) is 63.3 Å². The second-order valence-corrected chi connectivity index (χ2v) is 10.2. The van der Waals surface area contributed by atoms with Crippen molar-refractivity contribution >= 4 is 29.1 Å². The van der Waals surface area contributed by atoms with Gasteiger partial charge in [0.15, 0.2) is 0 Å². The fraction of sp³-hybridized carbons (Fsp3) is 0.560. The van der Waals surface area contributed by atoms with E-state index in [1.807, 2.05) is 28.5 Å². The first kappa shape index (κ1) is 23.8. The standard InChI is InChI=1S/C25H34ClN5O2/c1-5-25(4)16-30(24(33)17(2)13-18(3)29-11-8-12-29)15-22-27-14-21(31(22)25)23(32)28-20-10-7-6-9-19(20)26/h6-7,9-10,14,17-18H,5,8,11-13,15-16H2,1-4H3,(H,28,32)/t17?,18?,25-/m0/s1. The van der Waals surface area contributed by atoms with E-state index in [0.717, 1.165) is 31.8 Å². The van der Waals surface area contributed by atoms with Gasteiger partial charge in [-0.1, -0.05) is 37.6 Å². The number of benzene rings is 1. The third-order valence-corrected chi connectivity index (χ3v) is 7.63. The number of rotatable bonds is 7. The predicted molar refractivity (Wildman–Crippen MR) is 130 cm³/mol. The van der Waals surface area contributed by atoms with E-state index in [9.17, 15) is 9.59 Å². The molecule has 1 N–H and O–H groups in total. The Hall–Kier alpha value is -2.38. The number of aromatic nitrogens is 2. The van der Waals surface area contributed by atoms with Crippen molar-refractivity contribution in [2.75, 3.05) is 25.0 Å². The molecule has 2 aliphatic rings. The molecule has 0 radical (unpaired) electrons. The van der Waals surface area contributed by atoms with Gasteiger partial charge in [0.25, 0.3) is 5.91 Å². The fourth-order valence-corrected chi connectivity index (χ4v) is 5.19. The molecule has 178 valence electrons. The van der Waals surface area contributed by atoms with Crippen LogP contribution >= 0.6 is 11.6 Å². The summed E-state index contributed by atoms with van der Waals surface area (Å²) < 4.78 is 2.01. The first-order valence-corrected chi connectivity index (χ1v) is 12.3. The zero-order valence-corrected chi connectivity index (χ0v) is 20.7. The number of hydrogen-bond donors (Lipinski definition) is 1. The minimum Gasteiger partial charge on any atom is -0.333 e. The molecule has 1 aromatic heterocycles. The molecule has 0 saturated carbocycles. The maximum Gasteiger partial charge on any atom is 0.274 e. The average molecular weight is 472 g/mol. The van der Waals surface area contributed by atoms with Gasteiger partial charge in [-0.3, -0.25) is 9.59 Å². The van der Waals surface area contributed by atoms with E-state index < -0.39 is 5.54 Å². The van der Waals surface area contributed by atoms with Crippen LogP contribution in [0.4, 0.5) is 5.69 Å². The Morgan fingerprint density at radius 3 is 2.61 bits per heavy atom. The summed E-state index contributed by atoms with van der Waals surface area (Å²) in [5.74, 6) is 0.605. The van der Waals surface area contributed by atoms with E-state index in [-0.39, 0.29) is 17.7 Å². The van der Waals surface area contributed by atoms with Crippen molar-refractivity contribution in [3.8, 4) is 0 Å². The van der Waals surface area contributed by atoms with E-state index in [0.29, 0.717) is 35.5 Å². The van der Waals surface area contributed by atoms with Gasteiger partial charge in [-0.05, 0) is 58.3 Å². The highest BCUT2D eigenvalue weighted by Crippen LogP contribution is 2.33. The van der Waals surface area contributed by atoms with Gasteiger partial charge in [0.2, 0.25) is 5.91 Å². The minimum absolute atomic E-state index is 0.0498. The van der Waals surface area contributed by atoms with Crippen molar-refractivity contribution in [3.05, 3.63) is 47.0 Å². The van der Waals surface area contributed by atoms with Gasteiger partial charge in [-0.25, -0.2) is 4.98 Å². The Balaban J connectivity index is 1.52. The summed E-state index contributed by atoms with van der Waals surface area (Å²) >= 11 is 6.22. The molecule has 2 amide bonds. The largest absolute Gasteiger partial charge is 0.333 e. The number of anilines is 1. The summed E-state index contributed by atoms with van der Waals surface area (Å²) in [6.07, 6.45) is 4.49. The number of nitrogens with one attached hydrogen (secondary N) is 1. The summed E-state index contributed by atoms with van der Waals surface area (Å²) in [4.78, 5) is 35.4. The van der Waals surface area contributed by atoms with E-state index in [4.69, 9.17) is 11.6 Å². The lowest BCUT2D eigenvalue weighted by Gasteiger charge is -2.43. The number of likely N-dealkylation sites (tertiary alicyclic amines) is 1. The van der Waals surface area contributed by atoms with Crippen LogP contribution in [-0.4, -0.2) is 56.8 Å². The van der Waals surface area contributed by atoms with Crippen molar-refractivity contribution in [3.63, 3.8) is 0 Å². The van der Waals surface area contributed by atoms with Gasteiger partial charge in [0.05, 0.1) is 29.0 Å². The minimum atomic E-state index is -0.421. The average Bonchev–Trinajstić information content (AvgIpc) is 3.18. The zero-order valence-electron chi connectivity index (χ0n) is 20.0. The van der Waals surface area contributed by atoms with E-state index in [2.05, 4.69) is 36.0 Å². The molecule has 1 aromatic carbocycles. The van der Waals surface area contributed by atoms with Crippen molar-refractivity contribution in [1.82, 2.24) is 19.4 Å². The highest BCUT2D eigenvalue weighted by Gasteiger charge is 2.40. The van der Waals surface area contributed by atoms with Crippen LogP contribution in [0.2, 0.25) is 5.02 Å². The third kappa shape index (κ3) is 4.66. The van der Waals surface area contributed by atoms with Crippen LogP contribution in [0.15, 0.2) is 30.5 Å². The van der Waals surface area contributed by atoms with Gasteiger partial charge in [0, 0.05) is 18.5 Å². The summed E-state index contributed by atoms with van der Waals surface area (Å²) in [5, 5.41) is 3.39. The Morgan fingerprint density at radius 1 is 1.24 bits per heavy atom. The molecule has 2 aliphatic heterocycles. The molecule has 7 nitrogen and oxygen atoms in total. The molecular weight excluding hydrogens is 438 g/mol. The van der Waals surface area contributed by atoms with Gasteiger partial charge >= 0.3 is 0 Å². The van der Waals surface area contributed by atoms with Gasteiger partial charge in [-0.2, -0.15) is 0 Å². The zero-order chi connectivity index (χ0) is 23.8. The first-order valence-electron chi connectivity index (χ1n) is 11.9. The molecule has 4 rings (SSSR count). The third-order valence-electron chi connectivity index (χ3n) is 7.30. The van der Waals surface area contributed by atoms with Gasteiger partial charge in [-0.15, -0.1) is 0 Å². The SMILES string of the molecule is CC[C@@]1(C)CN(C(=O)C(C)CC(C)N2CCC2)Cc2ncc(C(=O)Nc3ccccc3Cl)n21. The molecule has 2 aromatic rings. The lowest BCUT2D eigenvalue weighted by molar-refractivity contribution is -0.139. The fourth-order valence-electron chi connectivity index (χ4n) is 5.00. The Labute approximate surface area is 201 Å². The van der Waals surface area contributed by atoms with Crippen molar-refractivity contribution < 1.29 is 9.59 Å². The van der Waals surface area contributed by atoms with Crippen LogP contribution in [0.5, 0.6) is 0 Å². The number of imidazole rings is 1. The predicted octanol–water partition coefficient (Wildman–Crippen LogP) is 4.38. The van der Waals surface area contributed by atoms with Gasteiger partial charge in [0.1, 0.15) is 11.5 Å². The van der Waals surface area contributed by atoms with E-state index in [1.165, 1.54) is 6.42 Å². The summed E-state index contributed by atoms with van der Waals surface area (Å²) in [7, 11) is 0. The number of hydrogen-bond acceptors (Lipinski definition) is 4. The number of amides is 2. The van der Waals surface area contributed by atoms with Crippen molar-refractivity contribution in [1.29, 1.82) is 0 Å². The maximum atomic E-state index is 13.4. The molecule has 1 fully saturated rings. The van der Waals surface area contributed by atoms with E-state index in [1.54, 1.807) is 18.3 Å². The molecule has 1 saturated heterocycles. The summed E-state index contributed by atoms with van der Waals surface area (Å²) in [5.41, 5.74) is 0.631. The molecular formula is C25H34ClN5O2. The number of para-hydroxylation sites is 1. The highest BCUT2D eigenvalue weighted by atomic mass is 35.5. The van der Waals surface area contributed by atoms with E-state index >= 15 is 0 Å². The van der Waals surface area contributed by atoms with Crippen molar-refractivity contribution in [2.45, 2.75) is 65.1 Å². The quantitative estimate of drug-likeness (QED) is 0.650. The summed E-state index contributed by atoms with van der Waals surface area (Å²) in [6, 6.07) is 7.59. The molecule has 0 spiro atoms. The molecule has 33 heavy (non-hydrogen) atoms. The van der Waals surface area contributed by atoms with Crippen LogP contribution in [0.25, 0.3) is 0 Å². The lowest BCUT2D eigenvalue weighted by Crippen LogP contribution is -2.53. The van der Waals surface area contributed by atoms with Crippen LogP contribution in [0.3, 0.4) is 0 Å². The molecule has 8 heteroatoms. The molecule has 0 aliphatic carbocycles. The molecule has 2 unspecified atom stereocenters. The normalized spacial score (nSPS) is 22.3. The number of fused-ring (bicyclic) bond motifs is 1. The second-order valence-electron chi connectivity index (χ2n) is 9.75. The molecule has 3 atom stereocenters. The number of carbonyl (C=O) groups is 2. The van der Waals surface area contributed by atoms with Crippen molar-refractivity contribution in [2.24, 2.45) is 5.92 Å². The number of carbonyl (C=O) groups excluding carboxylic acids is 2. The smallest absolute Gasteiger partial charge is 0.274 e. The Kier molecular flexibility index (Phi) is 6.82. The van der Waals surface area contributed by atoms with Crippen LogP contribution < -0.4 is 5.32 Å². The monoisotopic (exact) mass is 471 g/mol. The second kappa shape index (κ2) is 9.47. The first-order chi connectivity index (χ1) is 15.7. The van der Waals surface area contributed by atoms with Crippen LogP contribution in [-0.2, 0) is 16.9 Å².